The molecule has 2 saturated heterocycles. The summed E-state index contributed by atoms with van der Waals surface area (Å²) in [5, 5.41) is 3.77. The van der Waals surface area contributed by atoms with Crippen LogP contribution in [0.1, 0.15) is 18.4 Å². The van der Waals surface area contributed by atoms with E-state index in [2.05, 4.69) is 40.5 Å². The van der Waals surface area contributed by atoms with Crippen LogP contribution in [0, 0.1) is 5.92 Å². The van der Waals surface area contributed by atoms with Crippen molar-refractivity contribution < 1.29 is 0 Å². The number of nitrogens with zero attached hydrogens (tertiary/aromatic N) is 1. The molecule has 3 atom stereocenters. The molecule has 2 bridgehead atoms. The highest BCUT2D eigenvalue weighted by Gasteiger charge is 2.33. The Bertz CT molecular complexity index is 349. The average molecular weight is 230 g/mol. The zero-order valence-electron chi connectivity index (χ0n) is 10.4. The highest BCUT2D eigenvalue weighted by atomic mass is 15.2. The molecule has 2 heterocycles. The molecule has 1 N–H and O–H groups in total. The van der Waals surface area contributed by atoms with Crippen molar-refractivity contribution in [3.05, 3.63) is 35.9 Å². The van der Waals surface area contributed by atoms with Crippen molar-refractivity contribution in [1.29, 1.82) is 0 Å². The molecule has 2 nitrogen and oxygen atoms in total. The van der Waals surface area contributed by atoms with Crippen LogP contribution in [0.5, 0.6) is 0 Å². The van der Waals surface area contributed by atoms with Gasteiger partial charge >= 0.3 is 0 Å². The standard InChI is InChI=1S/C15H22N2/c1-2-4-13(5-3-1)6-9-16-15-8-11-17-10-7-14(15)12-17/h1-5,14-16H,6-12H2. The Labute approximate surface area is 104 Å². The van der Waals surface area contributed by atoms with Crippen molar-refractivity contribution >= 4 is 0 Å². The van der Waals surface area contributed by atoms with E-state index in [9.17, 15) is 0 Å². The van der Waals surface area contributed by atoms with E-state index in [1.54, 1.807) is 0 Å². The Morgan fingerprint density at radius 1 is 1.12 bits per heavy atom. The summed E-state index contributed by atoms with van der Waals surface area (Å²) in [6.07, 6.45) is 3.91. The zero-order chi connectivity index (χ0) is 11.5. The summed E-state index contributed by atoms with van der Waals surface area (Å²) in [6.45, 7) is 5.11. The fourth-order valence-electron chi connectivity index (χ4n) is 3.27. The maximum Gasteiger partial charge on any atom is 0.0120 e. The van der Waals surface area contributed by atoms with Crippen LogP contribution in [-0.4, -0.2) is 37.1 Å². The first-order valence-corrected chi connectivity index (χ1v) is 6.91. The SMILES string of the molecule is c1ccc(CCNC2CCN3CCC2C3)cc1. The van der Waals surface area contributed by atoms with Crippen LogP contribution in [0.25, 0.3) is 0 Å². The fourth-order valence-corrected chi connectivity index (χ4v) is 3.27. The van der Waals surface area contributed by atoms with Crippen LogP contribution in [-0.2, 0) is 6.42 Å². The molecule has 2 heteroatoms. The number of rotatable bonds is 4. The predicted octanol–water partition coefficient (Wildman–Crippen LogP) is 1.91. The third kappa shape index (κ3) is 2.70. The van der Waals surface area contributed by atoms with Crippen molar-refractivity contribution in [1.82, 2.24) is 10.2 Å². The maximum absolute atomic E-state index is 3.77. The Kier molecular flexibility index (Phi) is 3.44. The molecule has 0 radical (unpaired) electrons. The molecule has 2 fully saturated rings. The summed E-state index contributed by atoms with van der Waals surface area (Å²) in [7, 11) is 0. The van der Waals surface area contributed by atoms with Crippen LogP contribution in [0.2, 0.25) is 0 Å². The Morgan fingerprint density at radius 2 is 1.94 bits per heavy atom. The molecule has 0 amide bonds. The van der Waals surface area contributed by atoms with Crippen molar-refractivity contribution in [3.63, 3.8) is 0 Å². The number of benzene rings is 1. The van der Waals surface area contributed by atoms with Crippen molar-refractivity contribution in [2.75, 3.05) is 26.2 Å². The summed E-state index contributed by atoms with van der Waals surface area (Å²) < 4.78 is 0. The van der Waals surface area contributed by atoms with Crippen LogP contribution < -0.4 is 5.32 Å². The Morgan fingerprint density at radius 3 is 2.82 bits per heavy atom. The van der Waals surface area contributed by atoms with Crippen molar-refractivity contribution in [2.45, 2.75) is 25.3 Å². The van der Waals surface area contributed by atoms with Gasteiger partial charge in [-0.3, -0.25) is 0 Å². The minimum absolute atomic E-state index is 0.775. The quantitative estimate of drug-likeness (QED) is 0.850. The normalized spacial score (nSPS) is 31.6. The zero-order valence-corrected chi connectivity index (χ0v) is 10.4. The van der Waals surface area contributed by atoms with Crippen LogP contribution in [0.3, 0.4) is 0 Å². The van der Waals surface area contributed by atoms with E-state index >= 15 is 0 Å². The van der Waals surface area contributed by atoms with Gasteiger partial charge in [-0.05, 0) is 50.4 Å². The molecular weight excluding hydrogens is 208 g/mol. The minimum Gasteiger partial charge on any atom is -0.313 e. The van der Waals surface area contributed by atoms with Gasteiger partial charge in [0.2, 0.25) is 0 Å². The monoisotopic (exact) mass is 230 g/mol. The van der Waals surface area contributed by atoms with Gasteiger partial charge in [-0.15, -0.1) is 0 Å². The molecule has 2 aliphatic heterocycles. The van der Waals surface area contributed by atoms with Crippen LogP contribution >= 0.6 is 0 Å². The lowest BCUT2D eigenvalue weighted by atomic mass is 9.94. The summed E-state index contributed by atoms with van der Waals surface area (Å²) in [5.41, 5.74) is 1.45. The van der Waals surface area contributed by atoms with E-state index in [0.29, 0.717) is 0 Å². The van der Waals surface area contributed by atoms with Crippen LogP contribution in [0.4, 0.5) is 0 Å². The molecule has 0 saturated carbocycles. The van der Waals surface area contributed by atoms with Gasteiger partial charge in [-0.1, -0.05) is 30.3 Å². The number of hydrogen-bond acceptors (Lipinski definition) is 2. The number of fused-ring (bicyclic) bond motifs is 2. The molecule has 17 heavy (non-hydrogen) atoms. The third-order valence-corrected chi connectivity index (χ3v) is 4.30. The minimum atomic E-state index is 0.775. The molecule has 0 aromatic heterocycles. The fraction of sp³-hybridized carbons (Fsp3) is 0.600. The lowest BCUT2D eigenvalue weighted by Gasteiger charge is -2.31. The lowest BCUT2D eigenvalue weighted by Crippen LogP contribution is -2.44. The van der Waals surface area contributed by atoms with E-state index in [1.807, 2.05) is 0 Å². The number of piperidine rings is 1. The van der Waals surface area contributed by atoms with Gasteiger partial charge < -0.3 is 10.2 Å². The summed E-state index contributed by atoms with van der Waals surface area (Å²) in [4.78, 5) is 2.61. The molecule has 1 aromatic rings. The van der Waals surface area contributed by atoms with Gasteiger partial charge in [0.1, 0.15) is 0 Å². The molecule has 0 spiro atoms. The number of hydrogen-bond donors (Lipinski definition) is 1. The molecule has 1 aromatic carbocycles. The van der Waals surface area contributed by atoms with E-state index in [1.165, 1.54) is 38.0 Å². The molecule has 92 valence electrons. The van der Waals surface area contributed by atoms with Gasteiger partial charge in [0, 0.05) is 12.6 Å². The molecular formula is C15H22N2. The first-order valence-electron chi connectivity index (χ1n) is 6.91. The average Bonchev–Trinajstić information content (AvgIpc) is 2.76. The van der Waals surface area contributed by atoms with Gasteiger partial charge in [-0.25, -0.2) is 0 Å². The van der Waals surface area contributed by atoms with E-state index < -0.39 is 0 Å². The first kappa shape index (κ1) is 11.2. The van der Waals surface area contributed by atoms with Gasteiger partial charge in [0.15, 0.2) is 0 Å². The van der Waals surface area contributed by atoms with Gasteiger partial charge in [0.05, 0.1) is 0 Å². The van der Waals surface area contributed by atoms with E-state index in [0.717, 1.165) is 24.9 Å². The molecule has 0 aliphatic carbocycles. The molecule has 3 unspecified atom stereocenters. The summed E-state index contributed by atoms with van der Waals surface area (Å²) in [5.74, 6) is 0.916. The molecule has 2 aliphatic rings. The molecule has 3 rings (SSSR count). The second kappa shape index (κ2) is 5.19. The second-order valence-electron chi connectivity index (χ2n) is 5.43. The predicted molar refractivity (Wildman–Crippen MR) is 71.1 cm³/mol. The van der Waals surface area contributed by atoms with Gasteiger partial charge in [0.25, 0.3) is 0 Å². The Hall–Kier alpha value is -0.860. The first-order chi connectivity index (χ1) is 8.42. The highest BCUT2D eigenvalue weighted by molar-refractivity contribution is 5.14. The highest BCUT2D eigenvalue weighted by Crippen LogP contribution is 2.26. The van der Waals surface area contributed by atoms with Crippen molar-refractivity contribution in [3.8, 4) is 0 Å². The van der Waals surface area contributed by atoms with Crippen molar-refractivity contribution in [2.24, 2.45) is 5.92 Å². The third-order valence-electron chi connectivity index (χ3n) is 4.30. The maximum atomic E-state index is 3.77. The second-order valence-corrected chi connectivity index (χ2v) is 5.43. The summed E-state index contributed by atoms with van der Waals surface area (Å²) >= 11 is 0. The van der Waals surface area contributed by atoms with Crippen LogP contribution in [0.15, 0.2) is 30.3 Å². The number of nitrogens with one attached hydrogen (secondary N) is 1. The summed E-state index contributed by atoms with van der Waals surface area (Å²) in [6, 6.07) is 11.6. The van der Waals surface area contributed by atoms with Gasteiger partial charge in [-0.2, -0.15) is 0 Å². The van der Waals surface area contributed by atoms with E-state index in [4.69, 9.17) is 0 Å². The van der Waals surface area contributed by atoms with E-state index in [-0.39, 0.29) is 0 Å². The Balaban J connectivity index is 1.45. The lowest BCUT2D eigenvalue weighted by molar-refractivity contribution is 0.222. The largest absolute Gasteiger partial charge is 0.313 e. The topological polar surface area (TPSA) is 15.3 Å². The smallest absolute Gasteiger partial charge is 0.0120 e.